The molecule has 4 heterocycles. The minimum absolute atomic E-state index is 0.0737. The van der Waals surface area contributed by atoms with Crippen molar-refractivity contribution in [2.24, 2.45) is 0 Å². The SMILES string of the molecule is O=C(Cc1ccc(Cl)c(Cl)c1)N1CCN(Cc2ncccn2)C2COC[C@H](N3CCCC3)[C@H]21. The normalized spacial score (nSPS) is 26.4. The lowest BCUT2D eigenvalue weighted by molar-refractivity contribution is -0.153. The molecule has 3 atom stereocenters. The average Bonchev–Trinajstić information content (AvgIpc) is 3.37. The predicted molar refractivity (Wildman–Crippen MR) is 127 cm³/mol. The van der Waals surface area contributed by atoms with Crippen LogP contribution in [0.15, 0.2) is 36.7 Å². The van der Waals surface area contributed by atoms with Gasteiger partial charge in [0.05, 0.1) is 54.4 Å². The highest BCUT2D eigenvalue weighted by Crippen LogP contribution is 2.31. The van der Waals surface area contributed by atoms with E-state index in [9.17, 15) is 4.79 Å². The van der Waals surface area contributed by atoms with Gasteiger partial charge in [0.2, 0.25) is 5.91 Å². The third kappa shape index (κ3) is 5.03. The van der Waals surface area contributed by atoms with Gasteiger partial charge in [0.15, 0.2) is 0 Å². The van der Waals surface area contributed by atoms with Crippen LogP contribution in [0.5, 0.6) is 0 Å². The molecule has 0 bridgehead atoms. The summed E-state index contributed by atoms with van der Waals surface area (Å²) in [5, 5.41) is 0.983. The van der Waals surface area contributed by atoms with E-state index in [4.69, 9.17) is 27.9 Å². The summed E-state index contributed by atoms with van der Waals surface area (Å²) < 4.78 is 6.11. The zero-order valence-corrected chi connectivity index (χ0v) is 20.1. The van der Waals surface area contributed by atoms with Gasteiger partial charge in [-0.15, -0.1) is 0 Å². The van der Waals surface area contributed by atoms with Crippen LogP contribution in [0.1, 0.15) is 24.2 Å². The minimum Gasteiger partial charge on any atom is -0.378 e. The number of fused-ring (bicyclic) bond motifs is 1. The molecule has 1 aromatic carbocycles. The lowest BCUT2D eigenvalue weighted by Crippen LogP contribution is -2.71. The van der Waals surface area contributed by atoms with Crippen molar-refractivity contribution < 1.29 is 9.53 Å². The van der Waals surface area contributed by atoms with Gasteiger partial charge in [0.25, 0.3) is 0 Å². The van der Waals surface area contributed by atoms with Gasteiger partial charge in [-0.1, -0.05) is 29.3 Å². The molecule has 0 radical (unpaired) electrons. The summed E-state index contributed by atoms with van der Waals surface area (Å²) in [6, 6.07) is 7.65. The Hall–Kier alpha value is -1.77. The van der Waals surface area contributed by atoms with Crippen LogP contribution in [0.2, 0.25) is 10.0 Å². The number of rotatable bonds is 5. The molecule has 3 fully saturated rings. The number of amides is 1. The summed E-state index contributed by atoms with van der Waals surface area (Å²) in [6.45, 7) is 5.50. The first kappa shape index (κ1) is 23.0. The number of hydrogen-bond donors (Lipinski definition) is 0. The van der Waals surface area contributed by atoms with Gasteiger partial charge in [0, 0.05) is 25.5 Å². The molecule has 0 aliphatic carbocycles. The van der Waals surface area contributed by atoms with Crippen molar-refractivity contribution in [3.63, 3.8) is 0 Å². The number of ether oxygens (including phenoxy) is 1. The first-order chi connectivity index (χ1) is 16.1. The standard InChI is InChI=1S/C24H29Cl2N5O2/c25-18-5-4-17(12-19(18)26)13-23(32)31-11-10-30(14-22-27-6-3-7-28-22)21-16-33-15-20(24(21)31)29-8-1-2-9-29/h3-7,12,20-21,24H,1-2,8-11,13-16H2/t20-,21?,24+/m0/s1. The third-order valence-electron chi connectivity index (χ3n) is 7.06. The fraction of sp³-hybridized carbons (Fsp3) is 0.542. The molecule has 1 amide bonds. The number of halogens is 2. The first-order valence-corrected chi connectivity index (χ1v) is 12.4. The van der Waals surface area contributed by atoms with Gasteiger partial charge in [-0.05, 0) is 49.7 Å². The number of benzene rings is 1. The molecule has 1 unspecified atom stereocenters. The van der Waals surface area contributed by atoms with E-state index in [1.54, 1.807) is 24.5 Å². The smallest absolute Gasteiger partial charge is 0.227 e. The summed E-state index contributed by atoms with van der Waals surface area (Å²) >= 11 is 12.3. The Morgan fingerprint density at radius 2 is 1.76 bits per heavy atom. The van der Waals surface area contributed by atoms with Gasteiger partial charge >= 0.3 is 0 Å². The number of carbonyl (C=O) groups excluding carboxylic acids is 1. The Morgan fingerprint density at radius 3 is 2.52 bits per heavy atom. The maximum atomic E-state index is 13.6. The fourth-order valence-corrected chi connectivity index (χ4v) is 5.77. The second-order valence-electron chi connectivity index (χ2n) is 9.05. The van der Waals surface area contributed by atoms with Crippen LogP contribution in [0.25, 0.3) is 0 Å². The Balaban J connectivity index is 1.39. The van der Waals surface area contributed by atoms with Crippen LogP contribution in [0.3, 0.4) is 0 Å². The third-order valence-corrected chi connectivity index (χ3v) is 7.79. The minimum atomic E-state index is 0.0737. The second kappa shape index (κ2) is 10.2. The number of aromatic nitrogens is 2. The lowest BCUT2D eigenvalue weighted by atomic mass is 9.91. The monoisotopic (exact) mass is 489 g/mol. The molecule has 3 aliphatic rings. The molecule has 9 heteroatoms. The summed E-state index contributed by atoms with van der Waals surface area (Å²) in [4.78, 5) is 29.4. The summed E-state index contributed by atoms with van der Waals surface area (Å²) in [6.07, 6.45) is 6.28. The molecule has 0 spiro atoms. The first-order valence-electron chi connectivity index (χ1n) is 11.7. The van der Waals surface area contributed by atoms with Gasteiger partial charge < -0.3 is 9.64 Å². The van der Waals surface area contributed by atoms with Crippen LogP contribution < -0.4 is 0 Å². The van der Waals surface area contributed by atoms with Crippen molar-refractivity contribution in [1.29, 1.82) is 0 Å². The summed E-state index contributed by atoms with van der Waals surface area (Å²) in [5.41, 5.74) is 0.885. The molecule has 7 nitrogen and oxygen atoms in total. The Labute approximate surface area is 204 Å². The van der Waals surface area contributed by atoms with E-state index in [1.165, 1.54) is 12.8 Å². The molecule has 5 rings (SSSR count). The molecular formula is C24H29Cl2N5O2. The summed E-state index contributed by atoms with van der Waals surface area (Å²) in [7, 11) is 0. The van der Waals surface area contributed by atoms with Crippen molar-refractivity contribution in [3.8, 4) is 0 Å². The van der Waals surface area contributed by atoms with Crippen LogP contribution >= 0.6 is 23.2 Å². The van der Waals surface area contributed by atoms with Crippen molar-refractivity contribution in [1.82, 2.24) is 24.7 Å². The molecule has 1 aromatic heterocycles. The van der Waals surface area contributed by atoms with Crippen molar-refractivity contribution in [2.75, 3.05) is 39.4 Å². The molecule has 3 aliphatic heterocycles. The number of nitrogens with zero attached hydrogens (tertiary/aromatic N) is 5. The van der Waals surface area contributed by atoms with Gasteiger partial charge in [-0.2, -0.15) is 0 Å². The number of piperazine rings is 1. The quantitative estimate of drug-likeness (QED) is 0.643. The van der Waals surface area contributed by atoms with E-state index >= 15 is 0 Å². The van der Waals surface area contributed by atoms with Gasteiger partial charge in [-0.25, -0.2) is 9.97 Å². The summed E-state index contributed by atoms with van der Waals surface area (Å²) in [5.74, 6) is 0.931. The van der Waals surface area contributed by atoms with Gasteiger partial charge in [0.1, 0.15) is 5.82 Å². The van der Waals surface area contributed by atoms with E-state index in [-0.39, 0.29) is 24.0 Å². The highest BCUT2D eigenvalue weighted by molar-refractivity contribution is 6.42. The van der Waals surface area contributed by atoms with E-state index < -0.39 is 0 Å². The maximum absolute atomic E-state index is 13.6. The molecule has 176 valence electrons. The molecular weight excluding hydrogens is 461 g/mol. The van der Waals surface area contributed by atoms with Crippen LogP contribution in [0, 0.1) is 0 Å². The number of carbonyl (C=O) groups is 1. The van der Waals surface area contributed by atoms with E-state index in [2.05, 4.69) is 24.7 Å². The Morgan fingerprint density at radius 1 is 1.00 bits per heavy atom. The predicted octanol–water partition coefficient (Wildman–Crippen LogP) is 2.90. The largest absolute Gasteiger partial charge is 0.378 e. The van der Waals surface area contributed by atoms with Gasteiger partial charge in [-0.3, -0.25) is 14.6 Å². The van der Waals surface area contributed by atoms with E-state index in [0.717, 1.165) is 31.0 Å². The molecule has 0 N–H and O–H groups in total. The fourth-order valence-electron chi connectivity index (χ4n) is 5.45. The van der Waals surface area contributed by atoms with Crippen molar-refractivity contribution in [2.45, 2.75) is 43.9 Å². The number of hydrogen-bond acceptors (Lipinski definition) is 6. The van der Waals surface area contributed by atoms with Crippen LogP contribution in [-0.4, -0.2) is 88.1 Å². The zero-order valence-electron chi connectivity index (χ0n) is 18.6. The Kier molecular flexibility index (Phi) is 7.13. The molecule has 3 saturated heterocycles. The second-order valence-corrected chi connectivity index (χ2v) is 9.87. The zero-order chi connectivity index (χ0) is 22.8. The Bertz CT molecular complexity index is 973. The average molecular weight is 490 g/mol. The van der Waals surface area contributed by atoms with Crippen molar-refractivity contribution >= 4 is 29.1 Å². The maximum Gasteiger partial charge on any atom is 0.227 e. The lowest BCUT2D eigenvalue weighted by Gasteiger charge is -2.54. The van der Waals surface area contributed by atoms with Crippen LogP contribution in [0.4, 0.5) is 0 Å². The molecule has 0 saturated carbocycles. The highest BCUT2D eigenvalue weighted by Gasteiger charge is 2.47. The van der Waals surface area contributed by atoms with E-state index in [1.807, 2.05) is 12.1 Å². The van der Waals surface area contributed by atoms with E-state index in [0.29, 0.717) is 42.8 Å². The highest BCUT2D eigenvalue weighted by atomic mass is 35.5. The molecule has 2 aromatic rings. The van der Waals surface area contributed by atoms with Crippen molar-refractivity contribution in [3.05, 3.63) is 58.1 Å². The number of likely N-dealkylation sites (tertiary alicyclic amines) is 1. The molecule has 33 heavy (non-hydrogen) atoms. The topological polar surface area (TPSA) is 61.8 Å². The van der Waals surface area contributed by atoms with Crippen LogP contribution in [-0.2, 0) is 22.5 Å².